The van der Waals surface area contributed by atoms with Gasteiger partial charge in [0.15, 0.2) is 11.5 Å². The summed E-state index contributed by atoms with van der Waals surface area (Å²) in [6, 6.07) is 13.9. The van der Waals surface area contributed by atoms with E-state index in [4.69, 9.17) is 34.0 Å². The quantitative estimate of drug-likeness (QED) is 0.538. The van der Waals surface area contributed by atoms with Gasteiger partial charge in [0.2, 0.25) is 5.91 Å². The summed E-state index contributed by atoms with van der Waals surface area (Å²) in [6.07, 6.45) is 0.407. The van der Waals surface area contributed by atoms with Crippen LogP contribution in [0.1, 0.15) is 17.5 Å². The van der Waals surface area contributed by atoms with Gasteiger partial charge in [-0.15, -0.1) is 0 Å². The number of piperazine rings is 1. The molecule has 0 aromatic heterocycles. The molecule has 2 aromatic carbocycles. The molecule has 1 saturated heterocycles. The van der Waals surface area contributed by atoms with Gasteiger partial charge in [-0.3, -0.25) is 9.69 Å². The van der Waals surface area contributed by atoms with Crippen molar-refractivity contribution >= 4 is 17.8 Å². The van der Waals surface area contributed by atoms with Gasteiger partial charge in [-0.25, -0.2) is 9.59 Å². The zero-order valence-corrected chi connectivity index (χ0v) is 20.2. The van der Waals surface area contributed by atoms with E-state index in [1.807, 2.05) is 48.2 Å². The minimum Gasteiger partial charge on any atom is -0.493 e. The number of benzene rings is 2. The predicted octanol–water partition coefficient (Wildman–Crippen LogP) is 2.28. The Hall–Kier alpha value is -3.79. The number of para-hydroxylation sites is 1. The molecule has 0 radical (unpaired) electrons. The molecule has 0 aliphatic carbocycles. The van der Waals surface area contributed by atoms with Crippen LogP contribution in [0.5, 0.6) is 17.2 Å². The third kappa shape index (κ3) is 8.82. The van der Waals surface area contributed by atoms with Gasteiger partial charge in [0, 0.05) is 32.7 Å². The molecule has 0 atom stereocenters. The number of ether oxygens (including phenoxy) is 3. The number of carbonyl (C=O) groups excluding carboxylic acids is 1. The zero-order chi connectivity index (χ0) is 25.8. The first kappa shape index (κ1) is 27.5. The zero-order valence-electron chi connectivity index (χ0n) is 20.2. The van der Waals surface area contributed by atoms with Crippen molar-refractivity contribution in [1.29, 1.82) is 0 Å². The summed E-state index contributed by atoms with van der Waals surface area (Å²) in [7, 11) is 3.29. The second-order valence-corrected chi connectivity index (χ2v) is 7.82. The van der Waals surface area contributed by atoms with Crippen LogP contribution in [0.4, 0.5) is 0 Å². The molecule has 1 aliphatic heterocycles. The lowest BCUT2D eigenvalue weighted by Gasteiger charge is -2.35. The van der Waals surface area contributed by atoms with E-state index in [-0.39, 0.29) is 5.91 Å². The average Bonchev–Trinajstić information content (AvgIpc) is 2.85. The molecule has 2 N–H and O–H groups in total. The number of aryl methyl sites for hydroxylation is 1. The van der Waals surface area contributed by atoms with E-state index < -0.39 is 11.9 Å². The van der Waals surface area contributed by atoms with Crippen LogP contribution in [0.15, 0.2) is 42.5 Å². The number of carboxylic acids is 2. The fourth-order valence-corrected chi connectivity index (χ4v) is 3.52. The van der Waals surface area contributed by atoms with E-state index in [1.54, 1.807) is 14.2 Å². The van der Waals surface area contributed by atoms with E-state index in [2.05, 4.69) is 11.0 Å². The first-order valence-corrected chi connectivity index (χ1v) is 11.1. The van der Waals surface area contributed by atoms with E-state index >= 15 is 0 Å². The Morgan fingerprint density at radius 2 is 1.49 bits per heavy atom. The van der Waals surface area contributed by atoms with E-state index in [0.29, 0.717) is 13.0 Å². The van der Waals surface area contributed by atoms with Crippen LogP contribution < -0.4 is 14.2 Å². The van der Waals surface area contributed by atoms with Crippen LogP contribution in [-0.2, 0) is 20.9 Å². The Morgan fingerprint density at radius 3 is 2.06 bits per heavy atom. The molecular weight excluding hydrogens is 456 g/mol. The SMILES string of the molecule is COc1ccc(CN2CCN(C(=O)CCOc3ccccc3C)CC2)cc1OC.O=C(O)C(=O)O. The summed E-state index contributed by atoms with van der Waals surface area (Å²) in [5.74, 6) is -1.17. The number of amides is 1. The minimum absolute atomic E-state index is 0.157. The topological polar surface area (TPSA) is 126 Å². The molecule has 10 heteroatoms. The Bertz CT molecular complexity index is 991. The highest BCUT2D eigenvalue weighted by atomic mass is 16.5. The number of rotatable bonds is 8. The van der Waals surface area contributed by atoms with Crippen molar-refractivity contribution in [2.24, 2.45) is 0 Å². The van der Waals surface area contributed by atoms with Gasteiger partial charge < -0.3 is 29.3 Å². The molecule has 1 heterocycles. The minimum atomic E-state index is -1.82. The molecular formula is C25H32N2O8. The molecule has 0 saturated carbocycles. The van der Waals surface area contributed by atoms with E-state index in [1.165, 1.54) is 5.56 Å². The number of hydrogen-bond acceptors (Lipinski definition) is 7. The van der Waals surface area contributed by atoms with Gasteiger partial charge in [-0.1, -0.05) is 24.3 Å². The van der Waals surface area contributed by atoms with Gasteiger partial charge in [0.1, 0.15) is 5.75 Å². The van der Waals surface area contributed by atoms with Gasteiger partial charge in [0.25, 0.3) is 0 Å². The highest BCUT2D eigenvalue weighted by Gasteiger charge is 2.21. The summed E-state index contributed by atoms with van der Waals surface area (Å²) in [5, 5.41) is 14.8. The number of aliphatic carboxylic acids is 2. The van der Waals surface area contributed by atoms with Gasteiger partial charge >= 0.3 is 11.9 Å². The van der Waals surface area contributed by atoms with Crippen molar-refractivity contribution in [2.75, 3.05) is 47.0 Å². The van der Waals surface area contributed by atoms with E-state index in [9.17, 15) is 4.79 Å². The molecule has 1 fully saturated rings. The number of carbonyl (C=O) groups is 3. The standard InChI is InChI=1S/C23H30N2O4.C2H2O4/c1-18-6-4-5-7-20(18)29-15-10-23(26)25-13-11-24(12-14-25)17-19-8-9-21(27-2)22(16-19)28-3;3-1(4)2(5)6/h4-9,16H,10-15,17H2,1-3H3;(H,3,4)(H,5,6). The monoisotopic (exact) mass is 488 g/mol. The summed E-state index contributed by atoms with van der Waals surface area (Å²) >= 11 is 0. The molecule has 190 valence electrons. The summed E-state index contributed by atoms with van der Waals surface area (Å²) in [4.78, 5) is 35.0. The molecule has 0 bridgehead atoms. The van der Waals surface area contributed by atoms with E-state index in [0.717, 1.165) is 55.5 Å². The normalized spacial score (nSPS) is 13.3. The molecule has 2 aromatic rings. The fourth-order valence-electron chi connectivity index (χ4n) is 3.52. The van der Waals surface area contributed by atoms with Crippen molar-refractivity contribution in [3.8, 4) is 17.2 Å². The second-order valence-electron chi connectivity index (χ2n) is 7.82. The predicted molar refractivity (Wildman–Crippen MR) is 128 cm³/mol. The summed E-state index contributed by atoms with van der Waals surface area (Å²) < 4.78 is 16.4. The number of hydrogen-bond donors (Lipinski definition) is 2. The highest BCUT2D eigenvalue weighted by Crippen LogP contribution is 2.28. The maximum absolute atomic E-state index is 12.5. The maximum Gasteiger partial charge on any atom is 0.414 e. The maximum atomic E-state index is 12.5. The lowest BCUT2D eigenvalue weighted by atomic mass is 10.1. The van der Waals surface area contributed by atoms with Crippen LogP contribution in [-0.4, -0.2) is 84.9 Å². The third-order valence-corrected chi connectivity index (χ3v) is 5.43. The molecule has 0 spiro atoms. The highest BCUT2D eigenvalue weighted by molar-refractivity contribution is 6.27. The first-order valence-electron chi connectivity index (χ1n) is 11.1. The van der Waals surface area contributed by atoms with Crippen LogP contribution in [0.2, 0.25) is 0 Å². The molecule has 1 amide bonds. The van der Waals surface area contributed by atoms with Crippen molar-refractivity contribution in [1.82, 2.24) is 9.80 Å². The van der Waals surface area contributed by atoms with Crippen molar-refractivity contribution in [3.63, 3.8) is 0 Å². The van der Waals surface area contributed by atoms with Crippen LogP contribution in [0.25, 0.3) is 0 Å². The van der Waals surface area contributed by atoms with Gasteiger partial charge in [-0.2, -0.15) is 0 Å². The lowest BCUT2D eigenvalue weighted by molar-refractivity contribution is -0.159. The molecule has 1 aliphatic rings. The number of carboxylic acid groups (broad SMARTS) is 2. The molecule has 35 heavy (non-hydrogen) atoms. The molecule has 3 rings (SSSR count). The number of methoxy groups -OCH3 is 2. The second kappa shape index (κ2) is 13.8. The lowest BCUT2D eigenvalue weighted by Crippen LogP contribution is -2.48. The Kier molecular flexibility index (Phi) is 10.8. The van der Waals surface area contributed by atoms with Crippen LogP contribution in [0.3, 0.4) is 0 Å². The summed E-state index contributed by atoms with van der Waals surface area (Å²) in [5.41, 5.74) is 2.26. The van der Waals surface area contributed by atoms with Gasteiger partial charge in [-0.05, 0) is 36.2 Å². The largest absolute Gasteiger partial charge is 0.493 e. The smallest absolute Gasteiger partial charge is 0.414 e. The average molecular weight is 489 g/mol. The van der Waals surface area contributed by atoms with Crippen LogP contribution >= 0.6 is 0 Å². The van der Waals surface area contributed by atoms with Gasteiger partial charge in [0.05, 0.1) is 27.2 Å². The molecule has 10 nitrogen and oxygen atoms in total. The van der Waals surface area contributed by atoms with Crippen molar-refractivity contribution in [3.05, 3.63) is 53.6 Å². The fraction of sp³-hybridized carbons (Fsp3) is 0.400. The Labute approximate surface area is 204 Å². The number of nitrogens with zero attached hydrogens (tertiary/aromatic N) is 2. The summed E-state index contributed by atoms with van der Waals surface area (Å²) in [6.45, 7) is 6.47. The Balaban J connectivity index is 0.000000641. The first-order chi connectivity index (χ1) is 16.7. The van der Waals surface area contributed by atoms with Crippen LogP contribution in [0, 0.1) is 6.92 Å². The van der Waals surface area contributed by atoms with Crippen molar-refractivity contribution in [2.45, 2.75) is 19.9 Å². The molecule has 0 unspecified atom stereocenters. The van der Waals surface area contributed by atoms with Crippen molar-refractivity contribution < 1.29 is 38.8 Å². The third-order valence-electron chi connectivity index (χ3n) is 5.43. The Morgan fingerprint density at radius 1 is 0.857 bits per heavy atom.